The highest BCUT2D eigenvalue weighted by molar-refractivity contribution is 5.70. The van der Waals surface area contributed by atoms with Gasteiger partial charge in [0.15, 0.2) is 0 Å². The van der Waals surface area contributed by atoms with Gasteiger partial charge < -0.3 is 4.74 Å². The van der Waals surface area contributed by atoms with E-state index in [4.69, 9.17) is 4.74 Å². The largest absolute Gasteiger partial charge is 0.466 e. The van der Waals surface area contributed by atoms with Crippen LogP contribution in [-0.4, -0.2) is 12.6 Å². The van der Waals surface area contributed by atoms with E-state index in [2.05, 4.69) is 13.5 Å². The highest BCUT2D eigenvalue weighted by atomic mass is 16.5. The molecule has 0 radical (unpaired) electrons. The van der Waals surface area contributed by atoms with E-state index in [9.17, 15) is 4.79 Å². The van der Waals surface area contributed by atoms with Crippen molar-refractivity contribution in [1.82, 2.24) is 0 Å². The zero-order valence-corrected chi connectivity index (χ0v) is 14.6. The van der Waals surface area contributed by atoms with Gasteiger partial charge >= 0.3 is 5.97 Å². The maximum Gasteiger partial charge on any atom is 0.306 e. The molecule has 0 rings (SSSR count). The molecule has 0 unspecified atom stereocenters. The number of carbonyl (C=O) groups is 1. The molecule has 0 aliphatic rings. The summed E-state index contributed by atoms with van der Waals surface area (Å²) in [5, 5.41) is 0. The summed E-state index contributed by atoms with van der Waals surface area (Å²) in [6.07, 6.45) is 15.2. The average molecular weight is 296 g/mol. The van der Waals surface area contributed by atoms with E-state index in [1.54, 1.807) is 0 Å². The number of hydrogen-bond acceptors (Lipinski definition) is 2. The molecule has 0 aliphatic carbocycles. The first-order valence-electron chi connectivity index (χ1n) is 8.81. The Kier molecular flexibility index (Phi) is 12.4. The molecule has 0 aromatic heterocycles. The minimum Gasteiger partial charge on any atom is -0.466 e. The fourth-order valence-corrected chi connectivity index (χ4v) is 2.27. The Balaban J connectivity index is 3.29. The summed E-state index contributed by atoms with van der Waals surface area (Å²) in [7, 11) is 0. The molecule has 0 aliphatic heterocycles. The fourth-order valence-electron chi connectivity index (χ4n) is 2.27. The van der Waals surface area contributed by atoms with Gasteiger partial charge in [-0.1, -0.05) is 84.6 Å². The number of carbonyl (C=O) groups excluding carboxylic acids is 1. The zero-order chi connectivity index (χ0) is 16.0. The molecule has 0 saturated carbocycles. The molecule has 0 aromatic rings. The van der Waals surface area contributed by atoms with Gasteiger partial charge in [0.25, 0.3) is 0 Å². The van der Waals surface area contributed by atoms with Crippen LogP contribution in [0.25, 0.3) is 0 Å². The molecule has 0 spiro atoms. The Bertz CT molecular complexity index is 269. The molecule has 0 fully saturated rings. The van der Waals surface area contributed by atoms with Crippen LogP contribution in [0.2, 0.25) is 0 Å². The highest BCUT2D eigenvalue weighted by Gasteiger charge is 2.18. The topological polar surface area (TPSA) is 26.3 Å². The van der Waals surface area contributed by atoms with Gasteiger partial charge in [0.05, 0.1) is 13.0 Å². The third-order valence-electron chi connectivity index (χ3n) is 3.91. The van der Waals surface area contributed by atoms with Gasteiger partial charge in [-0.2, -0.15) is 0 Å². The minimum atomic E-state index is -0.158. The van der Waals surface area contributed by atoms with Gasteiger partial charge in [-0.25, -0.2) is 0 Å². The van der Waals surface area contributed by atoms with Crippen molar-refractivity contribution in [2.75, 3.05) is 6.61 Å². The molecule has 2 nitrogen and oxygen atoms in total. The number of ether oxygens (including phenoxy) is 1. The lowest BCUT2D eigenvalue weighted by molar-refractivity contribution is -0.145. The van der Waals surface area contributed by atoms with E-state index < -0.39 is 0 Å². The van der Waals surface area contributed by atoms with Gasteiger partial charge in [0.1, 0.15) is 0 Å². The van der Waals surface area contributed by atoms with Crippen molar-refractivity contribution in [3.8, 4) is 0 Å². The molecule has 0 amide bonds. The standard InChI is InChI=1S/C19H36O2/c1-5-7-8-9-10-11-12-13-14-15-16-21-18(20)17-19(3,4)6-2/h6H,2,5,7-17H2,1,3-4H3. The summed E-state index contributed by atoms with van der Waals surface area (Å²) < 4.78 is 5.27. The van der Waals surface area contributed by atoms with Crippen molar-refractivity contribution >= 4 is 5.97 Å². The van der Waals surface area contributed by atoms with Crippen LogP contribution in [0.5, 0.6) is 0 Å². The Morgan fingerprint density at radius 2 is 1.43 bits per heavy atom. The molecule has 0 bridgehead atoms. The first kappa shape index (κ1) is 20.2. The van der Waals surface area contributed by atoms with Crippen LogP contribution in [0.3, 0.4) is 0 Å². The summed E-state index contributed by atoms with van der Waals surface area (Å²) in [6.45, 7) is 10.6. The van der Waals surface area contributed by atoms with E-state index in [0.29, 0.717) is 13.0 Å². The smallest absolute Gasteiger partial charge is 0.306 e. The fraction of sp³-hybridized carbons (Fsp3) is 0.842. The van der Waals surface area contributed by atoms with Gasteiger partial charge in [-0.15, -0.1) is 6.58 Å². The normalized spacial score (nSPS) is 11.4. The molecular formula is C19H36O2. The second-order valence-corrected chi connectivity index (χ2v) is 6.77. The van der Waals surface area contributed by atoms with Crippen LogP contribution < -0.4 is 0 Å². The van der Waals surface area contributed by atoms with Gasteiger partial charge in [-0.3, -0.25) is 4.79 Å². The molecule has 0 atom stereocenters. The Labute approximate surface area is 132 Å². The SMILES string of the molecule is C=CC(C)(C)CC(=O)OCCCCCCCCCCCC. The maximum atomic E-state index is 11.6. The summed E-state index contributed by atoms with van der Waals surface area (Å²) in [5.41, 5.74) is -0.158. The third kappa shape index (κ3) is 13.9. The van der Waals surface area contributed by atoms with E-state index in [1.807, 2.05) is 19.9 Å². The Hall–Kier alpha value is -0.790. The number of hydrogen-bond donors (Lipinski definition) is 0. The minimum absolute atomic E-state index is 0.101. The lowest BCUT2D eigenvalue weighted by Crippen LogP contribution is -2.16. The molecule has 0 heterocycles. The molecule has 0 N–H and O–H groups in total. The predicted octanol–water partition coefficient (Wildman–Crippen LogP) is 6.05. The Morgan fingerprint density at radius 1 is 0.952 bits per heavy atom. The first-order valence-corrected chi connectivity index (χ1v) is 8.81. The number of unbranched alkanes of at least 4 members (excludes halogenated alkanes) is 9. The molecule has 0 aromatic carbocycles. The monoisotopic (exact) mass is 296 g/mol. The van der Waals surface area contributed by atoms with E-state index in [1.165, 1.54) is 57.8 Å². The van der Waals surface area contributed by atoms with Crippen LogP contribution in [0.15, 0.2) is 12.7 Å². The lowest BCUT2D eigenvalue weighted by atomic mass is 9.90. The van der Waals surface area contributed by atoms with Crippen LogP contribution in [0, 0.1) is 5.41 Å². The third-order valence-corrected chi connectivity index (χ3v) is 3.91. The average Bonchev–Trinajstić information content (AvgIpc) is 2.44. The van der Waals surface area contributed by atoms with E-state index >= 15 is 0 Å². The molecule has 0 saturated heterocycles. The van der Waals surface area contributed by atoms with Crippen molar-refractivity contribution in [1.29, 1.82) is 0 Å². The molecular weight excluding hydrogens is 260 g/mol. The zero-order valence-electron chi connectivity index (χ0n) is 14.6. The number of allylic oxidation sites excluding steroid dienone is 1. The van der Waals surface area contributed by atoms with Crippen molar-refractivity contribution in [2.45, 2.75) is 91.4 Å². The summed E-state index contributed by atoms with van der Waals surface area (Å²) in [4.78, 5) is 11.6. The van der Waals surface area contributed by atoms with Gasteiger partial charge in [-0.05, 0) is 11.8 Å². The number of esters is 1. The van der Waals surface area contributed by atoms with Crippen molar-refractivity contribution in [2.24, 2.45) is 5.41 Å². The van der Waals surface area contributed by atoms with Crippen molar-refractivity contribution in [3.63, 3.8) is 0 Å². The van der Waals surface area contributed by atoms with Gasteiger partial charge in [0.2, 0.25) is 0 Å². The maximum absolute atomic E-state index is 11.6. The second-order valence-electron chi connectivity index (χ2n) is 6.77. The van der Waals surface area contributed by atoms with Crippen molar-refractivity contribution in [3.05, 3.63) is 12.7 Å². The lowest BCUT2D eigenvalue weighted by Gasteiger charge is -2.18. The number of rotatable bonds is 14. The second kappa shape index (κ2) is 12.9. The van der Waals surface area contributed by atoms with E-state index in [-0.39, 0.29) is 11.4 Å². The summed E-state index contributed by atoms with van der Waals surface area (Å²) >= 11 is 0. The predicted molar refractivity (Wildman–Crippen MR) is 91.4 cm³/mol. The summed E-state index contributed by atoms with van der Waals surface area (Å²) in [6, 6.07) is 0. The Morgan fingerprint density at radius 3 is 1.90 bits per heavy atom. The van der Waals surface area contributed by atoms with Crippen LogP contribution >= 0.6 is 0 Å². The van der Waals surface area contributed by atoms with Gasteiger partial charge in [0, 0.05) is 0 Å². The van der Waals surface area contributed by atoms with Crippen LogP contribution in [-0.2, 0) is 9.53 Å². The van der Waals surface area contributed by atoms with Crippen LogP contribution in [0.1, 0.15) is 91.4 Å². The molecule has 124 valence electrons. The molecule has 21 heavy (non-hydrogen) atoms. The molecule has 2 heteroatoms. The van der Waals surface area contributed by atoms with E-state index in [0.717, 1.165) is 6.42 Å². The first-order chi connectivity index (χ1) is 10.0. The highest BCUT2D eigenvalue weighted by Crippen LogP contribution is 2.21. The summed E-state index contributed by atoms with van der Waals surface area (Å²) in [5.74, 6) is -0.101. The quantitative estimate of drug-likeness (QED) is 0.221. The van der Waals surface area contributed by atoms with Crippen LogP contribution in [0.4, 0.5) is 0 Å². The van der Waals surface area contributed by atoms with Crippen molar-refractivity contribution < 1.29 is 9.53 Å².